The van der Waals surface area contributed by atoms with Crippen LogP contribution < -0.4 is 21.7 Å². The number of thiazole rings is 1. The fraction of sp³-hybridized carbons (Fsp3) is 0.381. The number of nitrogens with one attached hydrogen (secondary N) is 1. The number of carbonyl (C=O) groups excluding carboxylic acids is 1. The highest BCUT2D eigenvalue weighted by atomic mass is 32.1. The van der Waals surface area contributed by atoms with Crippen LogP contribution >= 0.6 is 11.3 Å². The maximum atomic E-state index is 14.3. The third kappa shape index (κ3) is 4.40. The second-order valence-corrected chi connectivity index (χ2v) is 8.88. The van der Waals surface area contributed by atoms with Gasteiger partial charge in [-0.2, -0.15) is 5.10 Å². The van der Waals surface area contributed by atoms with Crippen molar-refractivity contribution in [3.63, 3.8) is 0 Å². The summed E-state index contributed by atoms with van der Waals surface area (Å²) in [4.78, 5) is 19.5. The Hall–Kier alpha value is -2.98. The topological polar surface area (TPSA) is 115 Å². The van der Waals surface area contributed by atoms with E-state index in [4.69, 9.17) is 11.5 Å². The number of benzene rings is 1. The molecule has 2 aromatic heterocycles. The molecule has 1 aromatic carbocycles. The SMILES string of the molecule is Cc1ccc(-c2nc(C(=O)Nc3cnn(C)c3N3CCC[C@@H](N)CC3)c(N)s2)c(F)c1. The van der Waals surface area contributed by atoms with E-state index in [1.54, 1.807) is 23.0 Å². The lowest BCUT2D eigenvalue weighted by Gasteiger charge is -2.24. The number of hydrogen-bond acceptors (Lipinski definition) is 7. The van der Waals surface area contributed by atoms with Crippen molar-refractivity contribution in [3.8, 4) is 10.6 Å². The van der Waals surface area contributed by atoms with Crippen LogP contribution in [-0.2, 0) is 7.05 Å². The third-order valence-corrected chi connectivity index (χ3v) is 6.37. The summed E-state index contributed by atoms with van der Waals surface area (Å²) in [6.07, 6.45) is 4.44. The number of anilines is 3. The number of nitrogen functional groups attached to an aromatic ring is 1. The Morgan fingerprint density at radius 2 is 2.13 bits per heavy atom. The molecule has 3 aromatic rings. The molecule has 31 heavy (non-hydrogen) atoms. The summed E-state index contributed by atoms with van der Waals surface area (Å²) in [7, 11) is 1.84. The van der Waals surface area contributed by atoms with E-state index in [0.29, 0.717) is 16.3 Å². The number of aryl methyl sites for hydroxylation is 2. The summed E-state index contributed by atoms with van der Waals surface area (Å²) < 4.78 is 16.1. The molecule has 0 spiro atoms. The Bertz CT molecular complexity index is 1110. The van der Waals surface area contributed by atoms with E-state index in [9.17, 15) is 9.18 Å². The van der Waals surface area contributed by atoms with Crippen LogP contribution in [0.1, 0.15) is 35.3 Å². The van der Waals surface area contributed by atoms with Crippen molar-refractivity contribution in [2.75, 3.05) is 29.0 Å². The summed E-state index contributed by atoms with van der Waals surface area (Å²) in [5.74, 6) is -0.0241. The molecule has 1 aliphatic rings. The van der Waals surface area contributed by atoms with Crippen molar-refractivity contribution in [2.24, 2.45) is 12.8 Å². The van der Waals surface area contributed by atoms with E-state index in [2.05, 4.69) is 20.3 Å². The first kappa shape index (κ1) is 21.3. The van der Waals surface area contributed by atoms with Crippen LogP contribution in [0.4, 0.5) is 20.9 Å². The lowest BCUT2D eigenvalue weighted by atomic mass is 10.1. The van der Waals surface area contributed by atoms with E-state index in [1.165, 1.54) is 6.07 Å². The largest absolute Gasteiger partial charge is 0.389 e. The van der Waals surface area contributed by atoms with E-state index < -0.39 is 11.7 Å². The number of halogens is 1. The minimum atomic E-state index is -0.451. The molecule has 10 heteroatoms. The standard InChI is InChI=1S/C21H26FN7OS/c1-12-5-6-14(15(22)10-12)20-27-17(18(24)31-20)19(30)26-16-11-25-28(2)21(16)29-8-3-4-13(23)7-9-29/h5-6,10-11,13H,3-4,7-9,23-24H2,1-2H3,(H,26,30)/t13-/m1/s1. The zero-order valence-electron chi connectivity index (χ0n) is 17.6. The number of nitrogens with two attached hydrogens (primary N) is 2. The molecule has 3 heterocycles. The van der Waals surface area contributed by atoms with Gasteiger partial charge in [0.15, 0.2) is 11.5 Å². The summed E-state index contributed by atoms with van der Waals surface area (Å²) in [6, 6.07) is 5.06. The second-order valence-electron chi connectivity index (χ2n) is 7.85. The third-order valence-electron chi connectivity index (χ3n) is 5.45. The van der Waals surface area contributed by atoms with Gasteiger partial charge in [0.05, 0.1) is 6.20 Å². The monoisotopic (exact) mass is 443 g/mol. The number of carbonyl (C=O) groups is 1. The number of hydrogen-bond donors (Lipinski definition) is 3. The van der Waals surface area contributed by atoms with Crippen molar-refractivity contribution < 1.29 is 9.18 Å². The molecule has 0 bridgehead atoms. The Kier molecular flexibility index (Phi) is 5.92. The van der Waals surface area contributed by atoms with Crippen molar-refractivity contribution >= 4 is 33.8 Å². The molecule has 0 unspecified atom stereocenters. The number of rotatable bonds is 4. The first-order chi connectivity index (χ1) is 14.8. The van der Waals surface area contributed by atoms with E-state index in [-0.39, 0.29) is 16.7 Å². The maximum absolute atomic E-state index is 14.3. The van der Waals surface area contributed by atoms with E-state index in [1.807, 2.05) is 14.0 Å². The molecule has 1 amide bonds. The molecule has 1 aliphatic heterocycles. The van der Waals surface area contributed by atoms with Crippen LogP contribution in [0.15, 0.2) is 24.4 Å². The van der Waals surface area contributed by atoms with Gasteiger partial charge in [0.25, 0.3) is 5.91 Å². The molecule has 1 atom stereocenters. The van der Waals surface area contributed by atoms with Gasteiger partial charge in [-0.15, -0.1) is 0 Å². The summed E-state index contributed by atoms with van der Waals surface area (Å²) in [5.41, 5.74) is 14.0. The number of nitrogens with zero attached hydrogens (tertiary/aromatic N) is 4. The first-order valence-corrected chi connectivity index (χ1v) is 11.0. The van der Waals surface area contributed by atoms with Gasteiger partial charge >= 0.3 is 0 Å². The van der Waals surface area contributed by atoms with Crippen molar-refractivity contribution in [3.05, 3.63) is 41.5 Å². The quantitative estimate of drug-likeness (QED) is 0.571. The van der Waals surface area contributed by atoms with Gasteiger partial charge in [-0.25, -0.2) is 9.37 Å². The molecule has 1 fully saturated rings. The Morgan fingerprint density at radius 1 is 1.32 bits per heavy atom. The first-order valence-electron chi connectivity index (χ1n) is 10.2. The Morgan fingerprint density at radius 3 is 2.90 bits per heavy atom. The molecule has 0 radical (unpaired) electrons. The van der Waals surface area contributed by atoms with Gasteiger partial charge in [0, 0.05) is 31.7 Å². The van der Waals surface area contributed by atoms with Crippen molar-refractivity contribution in [1.29, 1.82) is 0 Å². The number of amides is 1. The second kappa shape index (κ2) is 8.64. The average Bonchev–Trinajstić information content (AvgIpc) is 3.19. The van der Waals surface area contributed by atoms with Gasteiger partial charge in [-0.3, -0.25) is 9.48 Å². The normalized spacial score (nSPS) is 16.9. The molecule has 164 valence electrons. The fourth-order valence-electron chi connectivity index (χ4n) is 3.81. The lowest BCUT2D eigenvalue weighted by Crippen LogP contribution is -2.29. The summed E-state index contributed by atoms with van der Waals surface area (Å²) >= 11 is 1.09. The highest BCUT2D eigenvalue weighted by Crippen LogP contribution is 2.33. The van der Waals surface area contributed by atoms with Gasteiger partial charge in [0.2, 0.25) is 0 Å². The highest BCUT2D eigenvalue weighted by molar-refractivity contribution is 7.19. The molecular weight excluding hydrogens is 417 g/mol. The highest BCUT2D eigenvalue weighted by Gasteiger charge is 2.24. The molecule has 0 aliphatic carbocycles. The molecule has 4 rings (SSSR count). The summed E-state index contributed by atoms with van der Waals surface area (Å²) in [6.45, 7) is 3.44. The average molecular weight is 444 g/mol. The minimum Gasteiger partial charge on any atom is -0.389 e. The van der Waals surface area contributed by atoms with Crippen LogP contribution in [0, 0.1) is 12.7 Å². The van der Waals surface area contributed by atoms with Crippen molar-refractivity contribution in [1.82, 2.24) is 14.8 Å². The molecule has 5 N–H and O–H groups in total. The predicted octanol–water partition coefficient (Wildman–Crippen LogP) is 3.14. The molecule has 0 saturated carbocycles. The van der Waals surface area contributed by atoms with Gasteiger partial charge in [-0.05, 0) is 43.9 Å². The Labute approximate surface area is 184 Å². The molecular formula is C21H26FN7OS. The van der Waals surface area contributed by atoms with Crippen LogP contribution in [0.25, 0.3) is 10.6 Å². The van der Waals surface area contributed by atoms with Crippen LogP contribution in [-0.4, -0.2) is 39.8 Å². The lowest BCUT2D eigenvalue weighted by molar-refractivity contribution is 0.102. The molecule has 1 saturated heterocycles. The van der Waals surface area contributed by atoms with E-state index >= 15 is 0 Å². The van der Waals surface area contributed by atoms with Gasteiger partial charge in [-0.1, -0.05) is 17.4 Å². The smallest absolute Gasteiger partial charge is 0.277 e. The van der Waals surface area contributed by atoms with Crippen LogP contribution in [0.2, 0.25) is 0 Å². The maximum Gasteiger partial charge on any atom is 0.277 e. The van der Waals surface area contributed by atoms with Gasteiger partial charge in [0.1, 0.15) is 21.5 Å². The minimum absolute atomic E-state index is 0.0765. The molecule has 8 nitrogen and oxygen atoms in total. The predicted molar refractivity (Wildman–Crippen MR) is 122 cm³/mol. The zero-order chi connectivity index (χ0) is 22.1. The number of aromatic nitrogens is 3. The Balaban J connectivity index is 1.58. The van der Waals surface area contributed by atoms with Crippen LogP contribution in [0.5, 0.6) is 0 Å². The summed E-state index contributed by atoms with van der Waals surface area (Å²) in [5, 5.41) is 7.80. The van der Waals surface area contributed by atoms with Crippen molar-refractivity contribution in [2.45, 2.75) is 32.2 Å². The van der Waals surface area contributed by atoms with Gasteiger partial charge < -0.3 is 21.7 Å². The fourth-order valence-corrected chi connectivity index (χ4v) is 4.67. The van der Waals surface area contributed by atoms with E-state index in [0.717, 1.165) is 55.1 Å². The van der Waals surface area contributed by atoms with Crippen LogP contribution in [0.3, 0.4) is 0 Å². The zero-order valence-corrected chi connectivity index (χ0v) is 18.4.